The van der Waals surface area contributed by atoms with Gasteiger partial charge in [0, 0.05) is 18.7 Å². The van der Waals surface area contributed by atoms with Crippen molar-refractivity contribution in [2.45, 2.75) is 44.7 Å². The summed E-state index contributed by atoms with van der Waals surface area (Å²) in [4.78, 5) is 50.8. The van der Waals surface area contributed by atoms with Gasteiger partial charge in [0.05, 0.1) is 17.7 Å². The predicted molar refractivity (Wildman–Crippen MR) is 125 cm³/mol. The first-order valence-corrected chi connectivity index (χ1v) is 11.5. The molecule has 0 aliphatic carbocycles. The Hall–Kier alpha value is -3.72. The second-order valence-corrected chi connectivity index (χ2v) is 8.36. The lowest BCUT2D eigenvalue weighted by molar-refractivity contribution is -0.136. The number of carbonyl (C=O) groups is 4. The maximum Gasteiger partial charge on any atom is 0.262 e. The Bertz CT molecular complexity index is 1100. The van der Waals surface area contributed by atoms with E-state index in [1.165, 1.54) is 0 Å². The minimum absolute atomic E-state index is 0.0889. The van der Waals surface area contributed by atoms with Crippen LogP contribution in [0.25, 0.3) is 0 Å². The molecule has 0 aromatic heterocycles. The van der Waals surface area contributed by atoms with Crippen LogP contribution >= 0.6 is 0 Å². The van der Waals surface area contributed by atoms with Crippen LogP contribution in [0.15, 0.2) is 42.5 Å². The quantitative estimate of drug-likeness (QED) is 0.363. The smallest absolute Gasteiger partial charge is 0.262 e. The van der Waals surface area contributed by atoms with Crippen molar-refractivity contribution >= 4 is 29.3 Å². The van der Waals surface area contributed by atoms with Crippen molar-refractivity contribution < 1.29 is 23.9 Å². The number of imide groups is 2. The van der Waals surface area contributed by atoms with E-state index < -0.39 is 29.7 Å². The summed E-state index contributed by atoms with van der Waals surface area (Å²) in [7, 11) is 0. The van der Waals surface area contributed by atoms with E-state index in [1.807, 2.05) is 24.3 Å². The Labute approximate surface area is 197 Å². The molecule has 4 N–H and O–H groups in total. The monoisotopic (exact) mass is 464 g/mol. The molecule has 2 aromatic carbocycles. The van der Waals surface area contributed by atoms with Gasteiger partial charge in [-0.3, -0.25) is 29.4 Å². The van der Waals surface area contributed by atoms with Crippen molar-refractivity contribution in [1.29, 1.82) is 0 Å². The first kappa shape index (κ1) is 23.4. The molecule has 178 valence electrons. The Morgan fingerprint density at radius 2 is 1.79 bits per heavy atom. The highest BCUT2D eigenvalue weighted by Gasteiger charge is 2.45. The molecule has 1 saturated heterocycles. The van der Waals surface area contributed by atoms with Crippen LogP contribution in [0, 0.1) is 0 Å². The number of benzene rings is 2. The molecule has 9 heteroatoms. The van der Waals surface area contributed by atoms with Crippen LogP contribution in [0.2, 0.25) is 0 Å². The number of nitrogens with zero attached hydrogens (tertiary/aromatic N) is 1. The van der Waals surface area contributed by atoms with Crippen molar-refractivity contribution in [2.75, 3.05) is 18.5 Å². The molecule has 1 unspecified atom stereocenters. The predicted octanol–water partition coefficient (Wildman–Crippen LogP) is 2.21. The van der Waals surface area contributed by atoms with Crippen LogP contribution in [-0.2, 0) is 16.1 Å². The zero-order chi connectivity index (χ0) is 24.1. The lowest BCUT2D eigenvalue weighted by Gasteiger charge is -2.27. The van der Waals surface area contributed by atoms with Crippen LogP contribution in [0.3, 0.4) is 0 Å². The number of ether oxygens (including phenoxy) is 1. The summed E-state index contributed by atoms with van der Waals surface area (Å²) in [5, 5.41) is 5.48. The molecule has 2 aliphatic rings. The fraction of sp³-hybridized carbons (Fsp3) is 0.360. The second-order valence-electron chi connectivity index (χ2n) is 8.36. The number of amides is 4. The minimum atomic E-state index is -0.978. The van der Waals surface area contributed by atoms with E-state index in [1.54, 1.807) is 18.2 Å². The second kappa shape index (κ2) is 10.5. The molecule has 4 rings (SSSR count). The van der Waals surface area contributed by atoms with Crippen LogP contribution in [0.4, 0.5) is 5.69 Å². The molecule has 34 heavy (non-hydrogen) atoms. The van der Waals surface area contributed by atoms with Gasteiger partial charge in [0.15, 0.2) is 0 Å². The third kappa shape index (κ3) is 4.94. The molecule has 0 bridgehead atoms. The normalized spacial score (nSPS) is 17.6. The topological polar surface area (TPSA) is 131 Å². The van der Waals surface area contributed by atoms with Crippen molar-refractivity contribution in [3.8, 4) is 5.75 Å². The maximum atomic E-state index is 13.2. The van der Waals surface area contributed by atoms with Gasteiger partial charge in [0.2, 0.25) is 11.8 Å². The average molecular weight is 465 g/mol. The Morgan fingerprint density at radius 3 is 2.53 bits per heavy atom. The van der Waals surface area contributed by atoms with Crippen molar-refractivity contribution in [2.24, 2.45) is 5.73 Å². The number of unbranched alkanes of at least 4 members (excludes halogenated alkanes) is 2. The van der Waals surface area contributed by atoms with Crippen molar-refractivity contribution in [3.05, 3.63) is 59.2 Å². The van der Waals surface area contributed by atoms with E-state index in [-0.39, 0.29) is 18.4 Å². The van der Waals surface area contributed by atoms with E-state index in [4.69, 9.17) is 10.5 Å². The third-order valence-corrected chi connectivity index (χ3v) is 6.01. The average Bonchev–Trinajstić information content (AvgIpc) is 3.09. The van der Waals surface area contributed by atoms with E-state index in [9.17, 15) is 19.2 Å². The first-order valence-electron chi connectivity index (χ1n) is 11.5. The molecule has 9 nitrogen and oxygen atoms in total. The first-order chi connectivity index (χ1) is 16.5. The largest absolute Gasteiger partial charge is 0.494 e. The highest BCUT2D eigenvalue weighted by molar-refractivity contribution is 6.24. The molecule has 2 aromatic rings. The SMILES string of the molecule is NCCCCCOc1ccc(NCc2cccc3c2C(=O)N(C2CCC(=O)NC2=O)C3=O)cc1. The lowest BCUT2D eigenvalue weighted by Crippen LogP contribution is -2.54. The van der Waals surface area contributed by atoms with Crippen LogP contribution < -0.4 is 21.1 Å². The Kier molecular flexibility index (Phi) is 7.22. The van der Waals surface area contributed by atoms with Gasteiger partial charge in [-0.25, -0.2) is 0 Å². The molecule has 0 radical (unpaired) electrons. The van der Waals surface area contributed by atoms with E-state index >= 15 is 0 Å². The van der Waals surface area contributed by atoms with Crippen molar-refractivity contribution in [1.82, 2.24) is 10.2 Å². The number of hydrogen-bond donors (Lipinski definition) is 3. The Morgan fingerprint density at radius 1 is 1.00 bits per heavy atom. The maximum absolute atomic E-state index is 13.2. The van der Waals surface area contributed by atoms with Crippen LogP contribution in [-0.4, -0.2) is 47.7 Å². The number of carbonyl (C=O) groups excluding carboxylic acids is 4. The summed E-state index contributed by atoms with van der Waals surface area (Å²) >= 11 is 0. The molecule has 2 heterocycles. The minimum Gasteiger partial charge on any atom is -0.494 e. The van der Waals surface area contributed by atoms with Gasteiger partial charge in [-0.05, 0) is 68.1 Å². The van der Waals surface area contributed by atoms with Crippen molar-refractivity contribution in [3.63, 3.8) is 0 Å². The lowest BCUT2D eigenvalue weighted by atomic mass is 10.0. The molecular formula is C25H28N4O5. The highest BCUT2D eigenvalue weighted by Crippen LogP contribution is 2.30. The molecule has 1 atom stereocenters. The van der Waals surface area contributed by atoms with E-state index in [0.717, 1.165) is 35.6 Å². The van der Waals surface area contributed by atoms with E-state index in [2.05, 4.69) is 10.6 Å². The number of hydrogen-bond acceptors (Lipinski definition) is 7. The summed E-state index contributed by atoms with van der Waals surface area (Å²) in [6.07, 6.45) is 3.21. The molecule has 1 fully saturated rings. The van der Waals surface area contributed by atoms with Gasteiger partial charge in [0.1, 0.15) is 11.8 Å². The fourth-order valence-corrected chi connectivity index (χ4v) is 4.21. The summed E-state index contributed by atoms with van der Waals surface area (Å²) in [6, 6.07) is 11.6. The summed E-state index contributed by atoms with van der Waals surface area (Å²) < 4.78 is 5.73. The van der Waals surface area contributed by atoms with Gasteiger partial charge in [0.25, 0.3) is 11.8 Å². The third-order valence-electron chi connectivity index (χ3n) is 6.01. The number of rotatable bonds is 10. The van der Waals surface area contributed by atoms with E-state index in [0.29, 0.717) is 30.8 Å². The molecule has 0 saturated carbocycles. The molecule has 2 aliphatic heterocycles. The molecular weight excluding hydrogens is 436 g/mol. The number of nitrogens with one attached hydrogen (secondary N) is 2. The van der Waals surface area contributed by atoms with Gasteiger partial charge in [-0.2, -0.15) is 0 Å². The summed E-state index contributed by atoms with van der Waals surface area (Å²) in [5.41, 5.74) is 7.55. The van der Waals surface area contributed by atoms with Gasteiger partial charge < -0.3 is 15.8 Å². The van der Waals surface area contributed by atoms with Crippen LogP contribution in [0.5, 0.6) is 5.75 Å². The van der Waals surface area contributed by atoms with Gasteiger partial charge >= 0.3 is 0 Å². The van der Waals surface area contributed by atoms with Gasteiger partial charge in [-0.15, -0.1) is 0 Å². The molecule has 0 spiro atoms. The number of piperidine rings is 1. The van der Waals surface area contributed by atoms with Crippen LogP contribution in [0.1, 0.15) is 58.4 Å². The number of fused-ring (bicyclic) bond motifs is 1. The zero-order valence-corrected chi connectivity index (χ0v) is 18.8. The standard InChI is InChI=1S/C25H28N4O5/c26-13-2-1-3-14-34-18-9-7-17(8-10-18)27-15-16-5-4-6-19-22(16)25(33)29(24(19)32)20-11-12-21(30)28-23(20)31/h4-10,20,27H,1-3,11-15,26H2,(H,28,30,31). The summed E-state index contributed by atoms with van der Waals surface area (Å²) in [6.45, 7) is 1.66. The molecule has 4 amide bonds. The summed E-state index contributed by atoms with van der Waals surface area (Å²) in [5.74, 6) is -1.26. The van der Waals surface area contributed by atoms with Gasteiger partial charge in [-0.1, -0.05) is 12.1 Å². The zero-order valence-electron chi connectivity index (χ0n) is 18.8. The number of anilines is 1. The highest BCUT2D eigenvalue weighted by atomic mass is 16.5. The Balaban J connectivity index is 1.40. The number of nitrogens with two attached hydrogens (primary N) is 1. The fourth-order valence-electron chi connectivity index (χ4n) is 4.21.